The summed E-state index contributed by atoms with van der Waals surface area (Å²) in [4.78, 5) is 19.7. The molecule has 1 atom stereocenters. The summed E-state index contributed by atoms with van der Waals surface area (Å²) in [6.07, 6.45) is 5.24. The van der Waals surface area contributed by atoms with Gasteiger partial charge < -0.3 is 15.4 Å². The van der Waals surface area contributed by atoms with Crippen molar-refractivity contribution in [3.8, 4) is 5.75 Å². The molecule has 2 N–H and O–H groups in total. The van der Waals surface area contributed by atoms with Crippen molar-refractivity contribution in [3.63, 3.8) is 0 Å². The van der Waals surface area contributed by atoms with Crippen LogP contribution in [0.2, 0.25) is 0 Å². The average molecular weight is 250 g/mol. The third-order valence-corrected chi connectivity index (χ3v) is 2.80. The highest BCUT2D eigenvalue weighted by atomic mass is 16.5. The summed E-state index contributed by atoms with van der Waals surface area (Å²) in [5, 5.41) is 5.99. The van der Waals surface area contributed by atoms with E-state index in [0.717, 1.165) is 19.4 Å². The molecule has 0 unspecified atom stereocenters. The lowest BCUT2D eigenvalue weighted by atomic mass is 10.2. The highest BCUT2D eigenvalue weighted by molar-refractivity contribution is 5.81. The molecule has 1 aromatic rings. The van der Waals surface area contributed by atoms with Crippen molar-refractivity contribution < 1.29 is 9.53 Å². The van der Waals surface area contributed by atoms with E-state index in [9.17, 15) is 4.79 Å². The molecule has 0 saturated carbocycles. The van der Waals surface area contributed by atoms with Gasteiger partial charge in [0.25, 0.3) is 0 Å². The van der Waals surface area contributed by atoms with Crippen molar-refractivity contribution in [2.24, 2.45) is 0 Å². The summed E-state index contributed by atoms with van der Waals surface area (Å²) in [5.41, 5.74) is 0. The van der Waals surface area contributed by atoms with Crippen LogP contribution in [0.5, 0.6) is 5.75 Å². The second-order valence-electron chi connectivity index (χ2n) is 4.25. The molecule has 1 aromatic heterocycles. The molecule has 2 heterocycles. The van der Waals surface area contributed by atoms with E-state index in [2.05, 4.69) is 20.6 Å². The van der Waals surface area contributed by atoms with E-state index in [4.69, 9.17) is 4.74 Å². The summed E-state index contributed by atoms with van der Waals surface area (Å²) < 4.78 is 5.41. The SMILES string of the molecule is Cc1ncc(OCCNC(=O)[C@@H]2CCCN2)cn1. The van der Waals surface area contributed by atoms with E-state index in [1.807, 2.05) is 6.92 Å². The summed E-state index contributed by atoms with van der Waals surface area (Å²) in [6.45, 7) is 3.66. The van der Waals surface area contributed by atoms with Crippen molar-refractivity contribution in [1.82, 2.24) is 20.6 Å². The van der Waals surface area contributed by atoms with Gasteiger partial charge >= 0.3 is 0 Å². The summed E-state index contributed by atoms with van der Waals surface area (Å²) in [7, 11) is 0. The van der Waals surface area contributed by atoms with Gasteiger partial charge in [-0.3, -0.25) is 4.79 Å². The van der Waals surface area contributed by atoms with Crippen molar-refractivity contribution in [1.29, 1.82) is 0 Å². The number of hydrogen-bond acceptors (Lipinski definition) is 5. The predicted molar refractivity (Wildman–Crippen MR) is 66.3 cm³/mol. The van der Waals surface area contributed by atoms with Crippen LogP contribution in [0.15, 0.2) is 12.4 Å². The van der Waals surface area contributed by atoms with Crippen molar-refractivity contribution in [2.75, 3.05) is 19.7 Å². The zero-order chi connectivity index (χ0) is 12.8. The molecule has 1 fully saturated rings. The zero-order valence-corrected chi connectivity index (χ0v) is 10.5. The second kappa shape index (κ2) is 6.30. The molecule has 1 aliphatic rings. The van der Waals surface area contributed by atoms with Gasteiger partial charge in [-0.25, -0.2) is 9.97 Å². The molecule has 0 spiro atoms. The minimum absolute atomic E-state index is 0.0345. The van der Waals surface area contributed by atoms with E-state index in [0.29, 0.717) is 24.7 Å². The van der Waals surface area contributed by atoms with Gasteiger partial charge in [0.2, 0.25) is 5.91 Å². The first-order chi connectivity index (χ1) is 8.75. The van der Waals surface area contributed by atoms with Crippen LogP contribution in [0.25, 0.3) is 0 Å². The van der Waals surface area contributed by atoms with Gasteiger partial charge in [0.1, 0.15) is 12.4 Å². The Morgan fingerprint density at radius 3 is 3.00 bits per heavy atom. The number of hydrogen-bond donors (Lipinski definition) is 2. The topological polar surface area (TPSA) is 76.1 Å². The maximum Gasteiger partial charge on any atom is 0.237 e. The number of aromatic nitrogens is 2. The van der Waals surface area contributed by atoms with Gasteiger partial charge in [0.05, 0.1) is 25.0 Å². The molecule has 2 rings (SSSR count). The number of amides is 1. The van der Waals surface area contributed by atoms with E-state index in [1.54, 1.807) is 12.4 Å². The molecule has 0 aromatic carbocycles. The van der Waals surface area contributed by atoms with Crippen LogP contribution in [-0.2, 0) is 4.79 Å². The number of rotatable bonds is 5. The Hall–Kier alpha value is -1.69. The van der Waals surface area contributed by atoms with E-state index in [-0.39, 0.29) is 11.9 Å². The van der Waals surface area contributed by atoms with Crippen LogP contribution in [0, 0.1) is 6.92 Å². The highest BCUT2D eigenvalue weighted by Gasteiger charge is 2.21. The van der Waals surface area contributed by atoms with Gasteiger partial charge in [-0.1, -0.05) is 0 Å². The molecule has 1 saturated heterocycles. The van der Waals surface area contributed by atoms with Gasteiger partial charge in [0, 0.05) is 0 Å². The lowest BCUT2D eigenvalue weighted by Gasteiger charge is -2.11. The monoisotopic (exact) mass is 250 g/mol. The first-order valence-electron chi connectivity index (χ1n) is 6.18. The fourth-order valence-corrected chi connectivity index (χ4v) is 1.83. The Balaban J connectivity index is 1.63. The van der Waals surface area contributed by atoms with Crippen LogP contribution in [0.4, 0.5) is 0 Å². The molecular weight excluding hydrogens is 232 g/mol. The predicted octanol–water partition coefficient (Wildman–Crippen LogP) is 0.0320. The molecule has 1 aliphatic heterocycles. The van der Waals surface area contributed by atoms with E-state index < -0.39 is 0 Å². The summed E-state index contributed by atoms with van der Waals surface area (Å²) in [6, 6.07) is -0.0345. The Morgan fingerprint density at radius 2 is 2.33 bits per heavy atom. The fraction of sp³-hybridized carbons (Fsp3) is 0.583. The molecule has 98 valence electrons. The molecule has 0 aliphatic carbocycles. The molecule has 6 heteroatoms. The molecule has 0 radical (unpaired) electrons. The third-order valence-electron chi connectivity index (χ3n) is 2.80. The summed E-state index contributed by atoms with van der Waals surface area (Å²) >= 11 is 0. The third kappa shape index (κ3) is 3.66. The second-order valence-corrected chi connectivity index (χ2v) is 4.25. The van der Waals surface area contributed by atoms with Crippen LogP contribution < -0.4 is 15.4 Å². The van der Waals surface area contributed by atoms with E-state index >= 15 is 0 Å². The number of nitrogens with one attached hydrogen (secondary N) is 2. The lowest BCUT2D eigenvalue weighted by Crippen LogP contribution is -2.41. The molecule has 6 nitrogen and oxygen atoms in total. The van der Waals surface area contributed by atoms with Gasteiger partial charge in [-0.2, -0.15) is 0 Å². The minimum Gasteiger partial charge on any atom is -0.489 e. The molecular formula is C12H18N4O2. The van der Waals surface area contributed by atoms with Gasteiger partial charge in [-0.15, -0.1) is 0 Å². The largest absolute Gasteiger partial charge is 0.489 e. The van der Waals surface area contributed by atoms with Crippen LogP contribution in [-0.4, -0.2) is 41.6 Å². The highest BCUT2D eigenvalue weighted by Crippen LogP contribution is 2.06. The maximum atomic E-state index is 11.6. The quantitative estimate of drug-likeness (QED) is 0.721. The number of aryl methyl sites for hydroxylation is 1. The lowest BCUT2D eigenvalue weighted by molar-refractivity contribution is -0.122. The van der Waals surface area contributed by atoms with Crippen molar-refractivity contribution in [3.05, 3.63) is 18.2 Å². The van der Waals surface area contributed by atoms with Gasteiger partial charge in [0.15, 0.2) is 5.75 Å². The number of nitrogens with zero attached hydrogens (tertiary/aromatic N) is 2. The first kappa shape index (κ1) is 12.8. The number of carbonyl (C=O) groups is 1. The van der Waals surface area contributed by atoms with Crippen LogP contribution in [0.3, 0.4) is 0 Å². The van der Waals surface area contributed by atoms with Crippen molar-refractivity contribution in [2.45, 2.75) is 25.8 Å². The minimum atomic E-state index is -0.0345. The van der Waals surface area contributed by atoms with Gasteiger partial charge in [-0.05, 0) is 26.3 Å². The Labute approximate surface area is 106 Å². The van der Waals surface area contributed by atoms with Crippen LogP contribution in [0.1, 0.15) is 18.7 Å². The smallest absolute Gasteiger partial charge is 0.237 e. The molecule has 1 amide bonds. The maximum absolute atomic E-state index is 11.6. The van der Waals surface area contributed by atoms with Crippen LogP contribution >= 0.6 is 0 Å². The Bertz CT molecular complexity index is 388. The standard InChI is InChI=1S/C12H18N4O2/c1-9-15-7-10(8-16-9)18-6-5-14-12(17)11-3-2-4-13-11/h7-8,11,13H,2-6H2,1H3,(H,14,17)/t11-/m0/s1. The fourth-order valence-electron chi connectivity index (χ4n) is 1.83. The zero-order valence-electron chi connectivity index (χ0n) is 10.5. The Morgan fingerprint density at radius 1 is 1.56 bits per heavy atom. The molecule has 0 bridgehead atoms. The summed E-state index contributed by atoms with van der Waals surface area (Å²) in [5.74, 6) is 1.38. The van der Waals surface area contributed by atoms with Crippen molar-refractivity contribution >= 4 is 5.91 Å². The number of carbonyl (C=O) groups excluding carboxylic acids is 1. The first-order valence-corrected chi connectivity index (χ1v) is 6.18. The number of ether oxygens (including phenoxy) is 1. The normalized spacial score (nSPS) is 18.6. The Kier molecular flexibility index (Phi) is 4.46. The average Bonchev–Trinajstić information content (AvgIpc) is 2.90. The molecule has 18 heavy (non-hydrogen) atoms. The van der Waals surface area contributed by atoms with E-state index in [1.165, 1.54) is 0 Å².